The summed E-state index contributed by atoms with van der Waals surface area (Å²) in [5.41, 5.74) is 2.11. The molecule has 0 radical (unpaired) electrons. The molecule has 0 unspecified atom stereocenters. The summed E-state index contributed by atoms with van der Waals surface area (Å²) in [6, 6.07) is 15.1. The fourth-order valence-corrected chi connectivity index (χ4v) is 3.27. The van der Waals surface area contributed by atoms with Gasteiger partial charge in [0.15, 0.2) is 5.41 Å². The predicted octanol–water partition coefficient (Wildman–Crippen LogP) is 3.91. The summed E-state index contributed by atoms with van der Waals surface area (Å²) in [5.74, 6) is -1.16. The minimum Gasteiger partial charge on any atom is -0.465 e. The number of carbonyl (C=O) groups excluding carboxylic acids is 2. The summed E-state index contributed by atoms with van der Waals surface area (Å²) in [6.45, 7) is 7.84. The van der Waals surface area contributed by atoms with Crippen molar-refractivity contribution >= 4 is 11.9 Å². The van der Waals surface area contributed by atoms with Crippen LogP contribution in [0.1, 0.15) is 36.1 Å². The second-order valence-corrected chi connectivity index (χ2v) is 6.39. The highest BCUT2D eigenvalue weighted by Crippen LogP contribution is 2.33. The fraction of sp³-hybridized carbons (Fsp3) is 0.364. The summed E-state index contributed by atoms with van der Waals surface area (Å²) in [5, 5.41) is 0. The van der Waals surface area contributed by atoms with Crippen molar-refractivity contribution in [1.29, 1.82) is 0 Å². The van der Waals surface area contributed by atoms with Crippen molar-refractivity contribution in [1.82, 2.24) is 0 Å². The van der Waals surface area contributed by atoms with Gasteiger partial charge in [0.05, 0.1) is 13.2 Å². The number of benzene rings is 2. The van der Waals surface area contributed by atoms with E-state index >= 15 is 0 Å². The smallest absolute Gasteiger partial charge is 0.328 e. The molecule has 2 aromatic rings. The van der Waals surface area contributed by atoms with Gasteiger partial charge in [-0.15, -0.1) is 0 Å². The van der Waals surface area contributed by atoms with Gasteiger partial charge >= 0.3 is 11.9 Å². The first-order chi connectivity index (χ1) is 12.4. The van der Waals surface area contributed by atoms with E-state index in [1.165, 1.54) is 0 Å². The molecule has 4 nitrogen and oxygen atoms in total. The van der Waals surface area contributed by atoms with E-state index in [4.69, 9.17) is 9.47 Å². The van der Waals surface area contributed by atoms with Crippen LogP contribution in [0.25, 0.3) is 0 Å². The second-order valence-electron chi connectivity index (χ2n) is 6.39. The fourth-order valence-electron chi connectivity index (χ4n) is 3.27. The van der Waals surface area contributed by atoms with Gasteiger partial charge in [0.2, 0.25) is 0 Å². The minimum atomic E-state index is -1.52. The quantitative estimate of drug-likeness (QED) is 0.559. The average Bonchev–Trinajstić information content (AvgIpc) is 2.60. The van der Waals surface area contributed by atoms with Crippen LogP contribution in [0.5, 0.6) is 0 Å². The lowest BCUT2D eigenvalue weighted by atomic mass is 9.75. The lowest BCUT2D eigenvalue weighted by molar-refractivity contribution is -0.164. The van der Waals surface area contributed by atoms with E-state index in [0.29, 0.717) is 5.56 Å². The standard InChI is InChI=1S/C22H26O4/c1-5-25-20(23)22(21(24)26-6-2,19-10-8-7-9-11-19)15-18-13-16(3)12-17(4)14-18/h7-14H,5-6,15H2,1-4H3. The van der Waals surface area contributed by atoms with Crippen LogP contribution in [0.2, 0.25) is 0 Å². The average molecular weight is 354 g/mol. The highest BCUT2D eigenvalue weighted by molar-refractivity contribution is 6.06. The molecule has 0 saturated carbocycles. The van der Waals surface area contributed by atoms with Gasteiger partial charge in [-0.3, -0.25) is 9.59 Å². The third-order valence-corrected chi connectivity index (χ3v) is 4.27. The van der Waals surface area contributed by atoms with Crippen molar-refractivity contribution in [3.63, 3.8) is 0 Å². The normalized spacial score (nSPS) is 11.1. The minimum absolute atomic E-state index is 0.192. The van der Waals surface area contributed by atoms with Crippen LogP contribution in [0.4, 0.5) is 0 Å². The number of esters is 2. The number of carbonyl (C=O) groups is 2. The molecular weight excluding hydrogens is 328 g/mol. The van der Waals surface area contributed by atoms with E-state index in [0.717, 1.165) is 16.7 Å². The number of rotatable bonds is 7. The Kier molecular flexibility index (Phi) is 6.56. The topological polar surface area (TPSA) is 52.6 Å². The Balaban J connectivity index is 2.64. The maximum atomic E-state index is 13.0. The zero-order valence-electron chi connectivity index (χ0n) is 15.9. The van der Waals surface area contributed by atoms with Gasteiger partial charge in [-0.2, -0.15) is 0 Å². The molecule has 138 valence electrons. The van der Waals surface area contributed by atoms with Crippen LogP contribution in [-0.2, 0) is 30.9 Å². The lowest BCUT2D eigenvalue weighted by Crippen LogP contribution is -2.48. The molecule has 4 heteroatoms. The van der Waals surface area contributed by atoms with Crippen molar-refractivity contribution in [2.75, 3.05) is 13.2 Å². The monoisotopic (exact) mass is 354 g/mol. The van der Waals surface area contributed by atoms with Crippen molar-refractivity contribution in [3.8, 4) is 0 Å². The summed E-state index contributed by atoms with van der Waals surface area (Å²) in [6.07, 6.45) is 0.192. The van der Waals surface area contributed by atoms with Crippen LogP contribution >= 0.6 is 0 Å². The van der Waals surface area contributed by atoms with E-state index < -0.39 is 17.4 Å². The maximum Gasteiger partial charge on any atom is 0.328 e. The molecule has 0 fully saturated rings. The molecule has 0 atom stereocenters. The summed E-state index contributed by atoms with van der Waals surface area (Å²) in [7, 11) is 0. The zero-order valence-corrected chi connectivity index (χ0v) is 15.9. The molecule has 0 spiro atoms. The maximum absolute atomic E-state index is 13.0. The Morgan fingerprint density at radius 1 is 0.846 bits per heavy atom. The van der Waals surface area contributed by atoms with Crippen molar-refractivity contribution in [2.24, 2.45) is 0 Å². The van der Waals surface area contributed by atoms with Gasteiger partial charge in [-0.05, 0) is 38.8 Å². The molecule has 0 bridgehead atoms. The van der Waals surface area contributed by atoms with Crippen LogP contribution in [-0.4, -0.2) is 25.2 Å². The summed E-state index contributed by atoms with van der Waals surface area (Å²) < 4.78 is 10.6. The Morgan fingerprint density at radius 3 is 1.81 bits per heavy atom. The molecule has 0 N–H and O–H groups in total. The summed E-state index contributed by atoms with van der Waals surface area (Å²) >= 11 is 0. The molecule has 0 aliphatic rings. The first-order valence-electron chi connectivity index (χ1n) is 8.91. The van der Waals surface area contributed by atoms with E-state index in [1.54, 1.807) is 26.0 Å². The van der Waals surface area contributed by atoms with E-state index in [1.807, 2.05) is 44.2 Å². The SMILES string of the molecule is CCOC(=O)C(Cc1cc(C)cc(C)c1)(C(=O)OCC)c1ccccc1. The summed E-state index contributed by atoms with van der Waals surface area (Å²) in [4.78, 5) is 26.1. The van der Waals surface area contributed by atoms with Crippen molar-refractivity contribution < 1.29 is 19.1 Å². The van der Waals surface area contributed by atoms with E-state index in [-0.39, 0.29) is 19.6 Å². The molecule has 0 aliphatic heterocycles. The molecule has 0 saturated heterocycles. The first-order valence-corrected chi connectivity index (χ1v) is 8.91. The van der Waals surface area contributed by atoms with Crippen molar-refractivity contribution in [2.45, 2.75) is 39.5 Å². The van der Waals surface area contributed by atoms with E-state index in [9.17, 15) is 9.59 Å². The number of ether oxygens (including phenoxy) is 2. The van der Waals surface area contributed by atoms with E-state index in [2.05, 4.69) is 6.07 Å². The van der Waals surface area contributed by atoms with Crippen LogP contribution < -0.4 is 0 Å². The molecule has 2 aromatic carbocycles. The van der Waals surface area contributed by atoms with Gasteiger partial charge < -0.3 is 9.47 Å². The molecule has 2 rings (SSSR count). The number of hydrogen-bond acceptors (Lipinski definition) is 4. The predicted molar refractivity (Wildman–Crippen MR) is 101 cm³/mol. The number of hydrogen-bond donors (Lipinski definition) is 0. The Labute approximate surface area is 155 Å². The molecule has 0 aromatic heterocycles. The van der Waals surface area contributed by atoms with Gasteiger partial charge in [0.25, 0.3) is 0 Å². The Hall–Kier alpha value is -2.62. The molecule has 0 heterocycles. The molecular formula is C22H26O4. The molecule has 0 amide bonds. The molecule has 26 heavy (non-hydrogen) atoms. The van der Waals surface area contributed by atoms with Gasteiger partial charge in [-0.1, -0.05) is 59.7 Å². The van der Waals surface area contributed by atoms with Crippen LogP contribution in [0, 0.1) is 13.8 Å². The third kappa shape index (κ3) is 4.13. The largest absolute Gasteiger partial charge is 0.465 e. The third-order valence-electron chi connectivity index (χ3n) is 4.27. The second kappa shape index (κ2) is 8.65. The zero-order chi connectivity index (χ0) is 19.2. The Morgan fingerprint density at radius 2 is 1.35 bits per heavy atom. The van der Waals surface area contributed by atoms with Crippen LogP contribution in [0.15, 0.2) is 48.5 Å². The first kappa shape index (κ1) is 19.7. The highest BCUT2D eigenvalue weighted by atomic mass is 16.6. The van der Waals surface area contributed by atoms with Gasteiger partial charge in [0.1, 0.15) is 0 Å². The van der Waals surface area contributed by atoms with Gasteiger partial charge in [0, 0.05) is 6.42 Å². The highest BCUT2D eigenvalue weighted by Gasteiger charge is 2.50. The Bertz CT molecular complexity index is 727. The van der Waals surface area contributed by atoms with Crippen LogP contribution in [0.3, 0.4) is 0 Å². The molecule has 0 aliphatic carbocycles. The van der Waals surface area contributed by atoms with Crippen molar-refractivity contribution in [3.05, 3.63) is 70.8 Å². The number of aryl methyl sites for hydroxylation is 2. The van der Waals surface area contributed by atoms with Gasteiger partial charge in [-0.25, -0.2) is 0 Å². The lowest BCUT2D eigenvalue weighted by Gasteiger charge is -2.30.